The van der Waals surface area contributed by atoms with Crippen molar-refractivity contribution >= 4 is 39.3 Å². The molecule has 7 nitrogen and oxygen atoms in total. The topological polar surface area (TPSA) is 118 Å². The average molecular weight is 405 g/mol. The van der Waals surface area contributed by atoms with Crippen LogP contribution in [0, 0.1) is 0 Å². The Bertz CT molecular complexity index is 832. The molecule has 0 aliphatic carbocycles. The number of halogens is 3. The molecular weight excluding hydrogens is 383 g/mol. The van der Waals surface area contributed by atoms with Crippen molar-refractivity contribution in [2.75, 3.05) is 23.7 Å². The molecule has 2 aromatic rings. The number of aromatic nitrogens is 2. The van der Waals surface area contributed by atoms with E-state index < -0.39 is 12.1 Å². The van der Waals surface area contributed by atoms with E-state index in [9.17, 15) is 13.2 Å². The fourth-order valence-electron chi connectivity index (χ4n) is 2.50. The van der Waals surface area contributed by atoms with Gasteiger partial charge in [0, 0.05) is 24.0 Å². The number of carboxylic acid groups (broad SMARTS) is 1. The minimum absolute atomic E-state index is 0.110. The molecule has 0 saturated carbocycles. The van der Waals surface area contributed by atoms with E-state index in [2.05, 4.69) is 41.7 Å². The number of aliphatic carboxylic acids is 1. The summed E-state index contributed by atoms with van der Waals surface area (Å²) in [7, 11) is 0. The molecule has 0 amide bonds. The lowest BCUT2D eigenvalue weighted by Gasteiger charge is -2.18. The Labute approximate surface area is 158 Å². The van der Waals surface area contributed by atoms with E-state index in [1.165, 1.54) is 4.88 Å². The summed E-state index contributed by atoms with van der Waals surface area (Å²) in [6, 6.07) is 2.36. The third-order valence-corrected chi connectivity index (χ3v) is 5.42. The van der Waals surface area contributed by atoms with Crippen molar-refractivity contribution in [2.45, 2.75) is 44.8 Å². The van der Waals surface area contributed by atoms with Crippen LogP contribution in [-0.4, -0.2) is 46.4 Å². The zero-order valence-electron chi connectivity index (χ0n) is 15.2. The first kappa shape index (κ1) is 21.2. The van der Waals surface area contributed by atoms with E-state index in [0.29, 0.717) is 5.95 Å². The molecule has 27 heavy (non-hydrogen) atoms. The molecule has 150 valence electrons. The van der Waals surface area contributed by atoms with E-state index in [4.69, 9.17) is 21.4 Å². The molecular formula is C16H22F3N5O2S. The van der Waals surface area contributed by atoms with Gasteiger partial charge in [-0.2, -0.15) is 18.2 Å². The molecule has 5 N–H and O–H groups in total. The van der Waals surface area contributed by atoms with Gasteiger partial charge in [-0.05, 0) is 17.9 Å². The predicted molar refractivity (Wildman–Crippen MR) is 99.0 cm³/mol. The number of hydrogen-bond acceptors (Lipinski definition) is 7. The Morgan fingerprint density at radius 2 is 1.93 bits per heavy atom. The van der Waals surface area contributed by atoms with Gasteiger partial charge in [0.25, 0.3) is 0 Å². The zero-order valence-corrected chi connectivity index (χ0v) is 16.0. The number of nitrogens with zero attached hydrogens (tertiary/aromatic N) is 3. The van der Waals surface area contributed by atoms with Crippen LogP contribution in [0.3, 0.4) is 0 Å². The normalized spacial score (nSPS) is 17.7. The highest BCUT2D eigenvalue weighted by molar-refractivity contribution is 7.19. The highest BCUT2D eigenvalue weighted by Crippen LogP contribution is 2.38. The molecule has 0 bridgehead atoms. The van der Waals surface area contributed by atoms with Gasteiger partial charge in [0.1, 0.15) is 0 Å². The summed E-state index contributed by atoms with van der Waals surface area (Å²) in [5, 5.41) is 7.12. The lowest BCUT2D eigenvalue weighted by Crippen LogP contribution is -2.27. The Morgan fingerprint density at radius 1 is 1.33 bits per heavy atom. The zero-order chi connectivity index (χ0) is 20.6. The van der Waals surface area contributed by atoms with Crippen LogP contribution in [0.4, 0.5) is 24.9 Å². The number of nitrogens with two attached hydrogens (primary N) is 2. The van der Waals surface area contributed by atoms with Gasteiger partial charge < -0.3 is 21.5 Å². The van der Waals surface area contributed by atoms with Crippen LogP contribution in [0.1, 0.15) is 32.1 Å². The second-order valence-corrected chi connectivity index (χ2v) is 8.33. The van der Waals surface area contributed by atoms with Gasteiger partial charge in [-0.25, -0.2) is 9.78 Å². The average Bonchev–Trinajstić information content (AvgIpc) is 3.11. The maximum atomic E-state index is 10.6. The number of rotatable bonds is 1. The number of fused-ring (bicyclic) bond motifs is 1. The van der Waals surface area contributed by atoms with Crippen molar-refractivity contribution in [3.8, 4) is 0 Å². The van der Waals surface area contributed by atoms with Crippen molar-refractivity contribution < 1.29 is 23.1 Å². The largest absolute Gasteiger partial charge is 0.490 e. The number of alkyl halides is 3. The standard InChI is InChI=1S/C14H21N5S.C2HF3O2/c1-14(2,3)10-6-9-11(20-10)12(18-13(16)17-9)19-5-4-8(15)7-19;3-2(4,5)1(6)7/h6,8H,4-5,7,15H2,1-3H3,(H2,16,17,18);(H,6,7)/t8-;/m1./s1. The first-order chi connectivity index (χ1) is 12.3. The van der Waals surface area contributed by atoms with E-state index >= 15 is 0 Å². The van der Waals surface area contributed by atoms with Gasteiger partial charge >= 0.3 is 12.1 Å². The highest BCUT2D eigenvalue weighted by Gasteiger charge is 2.38. The quantitative estimate of drug-likeness (QED) is 0.667. The molecule has 1 fully saturated rings. The maximum absolute atomic E-state index is 10.6. The summed E-state index contributed by atoms with van der Waals surface area (Å²) in [5.41, 5.74) is 12.9. The minimum atomic E-state index is -5.08. The number of carboxylic acids is 1. The summed E-state index contributed by atoms with van der Waals surface area (Å²) in [5.74, 6) is -1.47. The molecule has 1 aliphatic rings. The third kappa shape index (κ3) is 5.19. The highest BCUT2D eigenvalue weighted by atomic mass is 32.1. The SMILES string of the molecule is CC(C)(C)c1cc2nc(N)nc(N3CC[C@@H](N)C3)c2s1.O=C(O)C(F)(F)F. The van der Waals surface area contributed by atoms with Gasteiger partial charge in [0.15, 0.2) is 5.82 Å². The van der Waals surface area contributed by atoms with Gasteiger partial charge in [-0.3, -0.25) is 0 Å². The third-order valence-electron chi connectivity index (χ3n) is 3.88. The summed E-state index contributed by atoms with van der Waals surface area (Å²) in [4.78, 5) is 21.3. The minimum Gasteiger partial charge on any atom is -0.475 e. The van der Waals surface area contributed by atoms with E-state index in [1.807, 2.05) is 0 Å². The summed E-state index contributed by atoms with van der Waals surface area (Å²) < 4.78 is 32.9. The molecule has 3 rings (SSSR count). The van der Waals surface area contributed by atoms with Crippen molar-refractivity contribution in [3.05, 3.63) is 10.9 Å². The van der Waals surface area contributed by atoms with Crippen LogP contribution in [0.5, 0.6) is 0 Å². The molecule has 1 atom stereocenters. The molecule has 1 aliphatic heterocycles. The summed E-state index contributed by atoms with van der Waals surface area (Å²) >= 11 is 1.76. The fourth-order valence-corrected chi connectivity index (χ4v) is 3.67. The number of carbonyl (C=O) groups is 1. The Morgan fingerprint density at radius 3 is 2.37 bits per heavy atom. The Balaban J connectivity index is 0.000000321. The number of hydrogen-bond donors (Lipinski definition) is 3. The predicted octanol–water partition coefficient (Wildman–Crippen LogP) is 2.74. The smallest absolute Gasteiger partial charge is 0.475 e. The van der Waals surface area contributed by atoms with Crippen molar-refractivity contribution in [1.82, 2.24) is 9.97 Å². The molecule has 1 saturated heterocycles. The fraction of sp³-hybridized carbons (Fsp3) is 0.562. The van der Waals surface area contributed by atoms with Gasteiger partial charge in [0.2, 0.25) is 5.95 Å². The van der Waals surface area contributed by atoms with Gasteiger partial charge in [-0.15, -0.1) is 11.3 Å². The Hall–Kier alpha value is -2.14. The van der Waals surface area contributed by atoms with Crippen LogP contribution < -0.4 is 16.4 Å². The van der Waals surface area contributed by atoms with Crippen LogP contribution in [0.2, 0.25) is 0 Å². The van der Waals surface area contributed by atoms with E-state index in [-0.39, 0.29) is 11.5 Å². The number of anilines is 2. The van der Waals surface area contributed by atoms with Crippen LogP contribution in [0.15, 0.2) is 6.07 Å². The Kier molecular flexibility index (Phi) is 5.85. The number of nitrogen functional groups attached to an aromatic ring is 1. The lowest BCUT2D eigenvalue weighted by atomic mass is 9.95. The molecule has 3 heterocycles. The molecule has 0 radical (unpaired) electrons. The maximum Gasteiger partial charge on any atom is 0.490 e. The first-order valence-electron chi connectivity index (χ1n) is 8.17. The molecule has 0 aromatic carbocycles. The molecule has 2 aromatic heterocycles. The van der Waals surface area contributed by atoms with Gasteiger partial charge in [-0.1, -0.05) is 20.8 Å². The first-order valence-corrected chi connectivity index (χ1v) is 8.99. The molecule has 11 heteroatoms. The van der Waals surface area contributed by atoms with Crippen LogP contribution >= 0.6 is 11.3 Å². The number of thiophene rings is 1. The molecule has 0 spiro atoms. The monoisotopic (exact) mass is 405 g/mol. The van der Waals surface area contributed by atoms with Crippen molar-refractivity contribution in [2.24, 2.45) is 5.73 Å². The van der Waals surface area contributed by atoms with E-state index in [1.54, 1.807) is 11.3 Å². The van der Waals surface area contributed by atoms with Crippen LogP contribution in [-0.2, 0) is 10.2 Å². The van der Waals surface area contributed by atoms with E-state index in [0.717, 1.165) is 35.5 Å². The summed E-state index contributed by atoms with van der Waals surface area (Å²) in [6.07, 6.45) is -4.08. The van der Waals surface area contributed by atoms with Crippen molar-refractivity contribution in [1.29, 1.82) is 0 Å². The van der Waals surface area contributed by atoms with Crippen molar-refractivity contribution in [3.63, 3.8) is 0 Å². The lowest BCUT2D eigenvalue weighted by molar-refractivity contribution is -0.192. The molecule has 0 unspecified atom stereocenters. The second-order valence-electron chi connectivity index (χ2n) is 7.28. The van der Waals surface area contributed by atoms with Crippen LogP contribution in [0.25, 0.3) is 10.2 Å². The van der Waals surface area contributed by atoms with Gasteiger partial charge in [0.05, 0.1) is 10.2 Å². The second kappa shape index (κ2) is 7.47. The summed E-state index contributed by atoms with van der Waals surface area (Å²) in [6.45, 7) is 8.41.